The van der Waals surface area contributed by atoms with E-state index in [1.807, 2.05) is 0 Å². The summed E-state index contributed by atoms with van der Waals surface area (Å²) in [6, 6.07) is 8.78. The second-order valence-corrected chi connectivity index (χ2v) is 5.62. The number of nitro groups is 1. The molecule has 0 saturated carbocycles. The average Bonchev–Trinajstić information content (AvgIpc) is 2.50. The van der Waals surface area contributed by atoms with Gasteiger partial charge < -0.3 is 5.11 Å². The number of hydrogen-bond donors (Lipinski definition) is 2. The van der Waals surface area contributed by atoms with E-state index in [1.54, 1.807) is 12.1 Å². The number of carbonyl (C=O) groups excluding carboxylic acids is 1. The molecular formula is C14H9BrClN3O4. The second-order valence-electron chi connectivity index (χ2n) is 4.33. The number of amides is 1. The van der Waals surface area contributed by atoms with Crippen molar-refractivity contribution in [3.8, 4) is 5.75 Å². The molecule has 1 amide bonds. The number of nitro benzene ring substituents is 1. The van der Waals surface area contributed by atoms with E-state index in [1.165, 1.54) is 24.4 Å². The number of hydrazone groups is 1. The van der Waals surface area contributed by atoms with Crippen molar-refractivity contribution in [3.63, 3.8) is 0 Å². The number of aromatic hydroxyl groups is 1. The molecule has 23 heavy (non-hydrogen) atoms. The molecular weight excluding hydrogens is 390 g/mol. The zero-order valence-corrected chi connectivity index (χ0v) is 13.7. The summed E-state index contributed by atoms with van der Waals surface area (Å²) in [5.41, 5.74) is 2.52. The minimum Gasteiger partial charge on any atom is -0.501 e. The van der Waals surface area contributed by atoms with Crippen molar-refractivity contribution in [3.05, 3.63) is 67.1 Å². The lowest BCUT2D eigenvalue weighted by Crippen LogP contribution is -2.17. The van der Waals surface area contributed by atoms with Crippen LogP contribution in [-0.2, 0) is 0 Å². The highest BCUT2D eigenvalue weighted by atomic mass is 79.9. The fourth-order valence-electron chi connectivity index (χ4n) is 1.65. The maximum Gasteiger partial charge on any atom is 0.312 e. The van der Waals surface area contributed by atoms with Crippen molar-refractivity contribution in [1.29, 1.82) is 0 Å². The molecule has 2 N–H and O–H groups in total. The van der Waals surface area contributed by atoms with Crippen LogP contribution in [0.3, 0.4) is 0 Å². The Kier molecular flexibility index (Phi) is 5.30. The van der Waals surface area contributed by atoms with Crippen LogP contribution in [-0.4, -0.2) is 22.2 Å². The third kappa shape index (κ3) is 4.27. The second kappa shape index (κ2) is 7.21. The van der Waals surface area contributed by atoms with E-state index in [0.29, 0.717) is 16.1 Å². The average molecular weight is 399 g/mol. The Hall–Kier alpha value is -2.45. The van der Waals surface area contributed by atoms with Crippen LogP contribution in [0.2, 0.25) is 5.02 Å². The summed E-state index contributed by atoms with van der Waals surface area (Å²) in [4.78, 5) is 21.9. The van der Waals surface area contributed by atoms with Gasteiger partial charge in [-0.2, -0.15) is 5.10 Å². The van der Waals surface area contributed by atoms with Crippen LogP contribution in [0, 0.1) is 10.1 Å². The van der Waals surface area contributed by atoms with Crippen LogP contribution in [0.5, 0.6) is 5.75 Å². The van der Waals surface area contributed by atoms with Gasteiger partial charge in [-0.3, -0.25) is 14.9 Å². The lowest BCUT2D eigenvalue weighted by molar-refractivity contribution is -0.386. The summed E-state index contributed by atoms with van der Waals surface area (Å²) in [5.74, 6) is -0.928. The molecule has 0 aliphatic carbocycles. The predicted molar refractivity (Wildman–Crippen MR) is 89.0 cm³/mol. The third-order valence-electron chi connectivity index (χ3n) is 2.75. The summed E-state index contributed by atoms with van der Waals surface area (Å²) in [6.45, 7) is 0. The van der Waals surface area contributed by atoms with Crippen molar-refractivity contribution in [1.82, 2.24) is 5.43 Å². The number of phenols is 1. The molecule has 0 aromatic heterocycles. The highest BCUT2D eigenvalue weighted by Crippen LogP contribution is 2.34. The summed E-state index contributed by atoms with van der Waals surface area (Å²) >= 11 is 8.74. The van der Waals surface area contributed by atoms with Crippen molar-refractivity contribution in [2.75, 3.05) is 0 Å². The quantitative estimate of drug-likeness (QED) is 0.467. The molecule has 0 bridgehead atoms. The number of hydrogen-bond acceptors (Lipinski definition) is 5. The molecule has 0 spiro atoms. The molecule has 0 saturated heterocycles. The highest BCUT2D eigenvalue weighted by Gasteiger charge is 2.17. The predicted octanol–water partition coefficient (Wildman–Crippen LogP) is 3.48. The molecule has 0 aliphatic rings. The summed E-state index contributed by atoms with van der Waals surface area (Å²) in [6.07, 6.45) is 1.23. The van der Waals surface area contributed by atoms with Gasteiger partial charge in [-0.1, -0.05) is 11.6 Å². The van der Waals surface area contributed by atoms with Crippen LogP contribution in [0.4, 0.5) is 5.69 Å². The number of rotatable bonds is 4. The van der Waals surface area contributed by atoms with Crippen molar-refractivity contribution >= 4 is 45.3 Å². The smallest absolute Gasteiger partial charge is 0.312 e. The Bertz CT molecular complexity index is 793. The number of phenolic OH excluding ortho intramolecular Hbond substituents is 1. The molecule has 0 unspecified atom stereocenters. The normalized spacial score (nSPS) is 10.7. The fourth-order valence-corrected chi connectivity index (χ4v) is 2.24. The van der Waals surface area contributed by atoms with E-state index in [9.17, 15) is 20.0 Å². The molecule has 9 heteroatoms. The van der Waals surface area contributed by atoms with Crippen LogP contribution >= 0.6 is 27.5 Å². The molecule has 2 rings (SSSR count). The summed E-state index contributed by atoms with van der Waals surface area (Å²) < 4.78 is 0.150. The number of carbonyl (C=O) groups is 1. The lowest BCUT2D eigenvalue weighted by Gasteiger charge is -2.02. The van der Waals surface area contributed by atoms with Crippen molar-refractivity contribution in [2.45, 2.75) is 0 Å². The van der Waals surface area contributed by atoms with Gasteiger partial charge in [-0.05, 0) is 46.3 Å². The number of benzene rings is 2. The van der Waals surface area contributed by atoms with Crippen molar-refractivity contribution in [2.24, 2.45) is 5.10 Å². The van der Waals surface area contributed by atoms with E-state index < -0.39 is 22.3 Å². The SMILES string of the molecule is O=C(N/N=C\c1cc(Br)c(O)c([N+](=O)[O-])c1)c1ccc(Cl)cc1. The van der Waals surface area contributed by atoms with E-state index in [4.69, 9.17) is 11.6 Å². The zero-order chi connectivity index (χ0) is 17.0. The molecule has 7 nitrogen and oxygen atoms in total. The van der Waals surface area contributed by atoms with Crippen LogP contribution in [0.1, 0.15) is 15.9 Å². The first kappa shape index (κ1) is 16.9. The standard InChI is InChI=1S/C14H9BrClN3O4/c15-11-5-8(6-12(13(11)20)19(22)23)7-17-18-14(21)9-1-3-10(16)4-2-9/h1-7,20H,(H,18,21)/b17-7-. The Balaban J connectivity index is 2.13. The Morgan fingerprint density at radius 1 is 1.35 bits per heavy atom. The van der Waals surface area contributed by atoms with Gasteiger partial charge >= 0.3 is 5.69 Å². The molecule has 0 atom stereocenters. The minimum atomic E-state index is -0.719. The molecule has 2 aromatic rings. The minimum absolute atomic E-state index is 0.150. The van der Waals surface area contributed by atoms with Crippen molar-refractivity contribution < 1.29 is 14.8 Å². The van der Waals surface area contributed by atoms with Gasteiger partial charge in [0.15, 0.2) is 0 Å². The van der Waals surface area contributed by atoms with Gasteiger partial charge in [0.2, 0.25) is 5.75 Å². The maximum absolute atomic E-state index is 11.8. The van der Waals surface area contributed by atoms with Gasteiger partial charge in [0, 0.05) is 22.2 Å². The number of nitrogens with zero attached hydrogens (tertiary/aromatic N) is 2. The van der Waals surface area contributed by atoms with Gasteiger partial charge in [-0.25, -0.2) is 5.43 Å². The summed E-state index contributed by atoms with van der Waals surface area (Å²) in [5, 5.41) is 24.6. The van der Waals surface area contributed by atoms with Crippen LogP contribution < -0.4 is 5.43 Å². The van der Waals surface area contributed by atoms with E-state index in [-0.39, 0.29) is 4.47 Å². The fraction of sp³-hybridized carbons (Fsp3) is 0. The zero-order valence-electron chi connectivity index (χ0n) is 11.4. The molecule has 2 aromatic carbocycles. The number of halogens is 2. The molecule has 0 radical (unpaired) electrons. The lowest BCUT2D eigenvalue weighted by atomic mass is 10.2. The van der Waals surface area contributed by atoms with Gasteiger partial charge in [-0.15, -0.1) is 0 Å². The molecule has 0 heterocycles. The Morgan fingerprint density at radius 3 is 2.61 bits per heavy atom. The Labute approximate surface area is 143 Å². The van der Waals surface area contributed by atoms with Crippen LogP contribution in [0.15, 0.2) is 46.0 Å². The van der Waals surface area contributed by atoms with Gasteiger partial charge in [0.05, 0.1) is 15.6 Å². The first-order valence-electron chi connectivity index (χ1n) is 6.14. The first-order chi connectivity index (χ1) is 10.9. The monoisotopic (exact) mass is 397 g/mol. The van der Waals surface area contributed by atoms with Crippen LogP contribution in [0.25, 0.3) is 0 Å². The first-order valence-corrected chi connectivity index (χ1v) is 7.31. The largest absolute Gasteiger partial charge is 0.501 e. The van der Waals surface area contributed by atoms with E-state index >= 15 is 0 Å². The van der Waals surface area contributed by atoms with Gasteiger partial charge in [0.25, 0.3) is 5.91 Å². The topological polar surface area (TPSA) is 105 Å². The third-order valence-corrected chi connectivity index (χ3v) is 3.60. The van der Waals surface area contributed by atoms with Gasteiger partial charge in [0.1, 0.15) is 0 Å². The number of nitrogens with one attached hydrogen (secondary N) is 1. The molecule has 0 aliphatic heterocycles. The molecule has 0 fully saturated rings. The Morgan fingerprint density at radius 2 is 2.00 bits per heavy atom. The summed E-state index contributed by atoms with van der Waals surface area (Å²) in [7, 11) is 0. The van der Waals surface area contributed by atoms with E-state index in [0.717, 1.165) is 6.07 Å². The maximum atomic E-state index is 11.8. The highest BCUT2D eigenvalue weighted by molar-refractivity contribution is 9.10. The molecule has 118 valence electrons. The van der Waals surface area contributed by atoms with E-state index in [2.05, 4.69) is 26.5 Å².